The normalized spacial score (nSPS) is 44.8. The molecule has 0 bridgehead atoms. The Morgan fingerprint density at radius 1 is 0.968 bits per heavy atom. The van der Waals surface area contributed by atoms with Gasteiger partial charge < -0.3 is 68.2 Å². The highest BCUT2D eigenvalue weighted by Gasteiger charge is 2.67. The Morgan fingerprint density at radius 3 is 2.23 bits per heavy atom. The van der Waals surface area contributed by atoms with Gasteiger partial charge in [0.05, 0.1) is 48.6 Å². The third kappa shape index (κ3) is 11.1. The zero-order valence-electron chi connectivity index (χ0n) is 39.2. The van der Waals surface area contributed by atoms with Crippen LogP contribution in [0.1, 0.15) is 100 Å². The SMILES string of the molecule is CC[C@H]1OC(=O)[C@H](C)[C@@H](O[C@H]2C[C@@](C)(OC)[C@]3(CO3)[C@H](C)O2)[C@H](C)[C@@H](OC2O[C@H](C)C[C@H](N(C)C)[C@H]2OC(=O)OCc2ccccc2)C(C)(O)C[C@@H](C)CN[C@H](C)[C@@H](O)[C@]1(C)O. The second kappa shape index (κ2) is 20.4. The van der Waals surface area contributed by atoms with Gasteiger partial charge in [0.25, 0.3) is 0 Å². The van der Waals surface area contributed by atoms with E-state index < -0.39 is 102 Å². The summed E-state index contributed by atoms with van der Waals surface area (Å²) in [6.07, 6.45) is -8.18. The number of nitrogens with zero attached hydrogens (tertiary/aromatic N) is 1. The van der Waals surface area contributed by atoms with E-state index in [0.29, 0.717) is 19.6 Å². The Morgan fingerprint density at radius 2 is 1.63 bits per heavy atom. The van der Waals surface area contributed by atoms with Crippen LogP contribution in [0.5, 0.6) is 0 Å². The van der Waals surface area contributed by atoms with Crippen LogP contribution in [0.3, 0.4) is 0 Å². The first kappa shape index (κ1) is 50.5. The highest BCUT2D eigenvalue weighted by molar-refractivity contribution is 5.73. The average molecular weight is 881 g/mol. The molecule has 354 valence electrons. The van der Waals surface area contributed by atoms with E-state index in [1.54, 1.807) is 34.8 Å². The molecular formula is C46H76N2O14. The molecule has 16 heteroatoms. The van der Waals surface area contributed by atoms with Gasteiger partial charge in [-0.3, -0.25) is 4.79 Å². The van der Waals surface area contributed by atoms with Crippen LogP contribution in [-0.2, 0) is 54.0 Å². The minimum atomic E-state index is -1.82. The summed E-state index contributed by atoms with van der Waals surface area (Å²) in [5.74, 6) is -2.73. The predicted molar refractivity (Wildman–Crippen MR) is 228 cm³/mol. The van der Waals surface area contributed by atoms with Gasteiger partial charge in [-0.15, -0.1) is 0 Å². The third-order valence-electron chi connectivity index (χ3n) is 14.0. The summed E-state index contributed by atoms with van der Waals surface area (Å²) in [5.41, 5.74) is -4.12. The number of aliphatic hydroxyl groups excluding tert-OH is 1. The van der Waals surface area contributed by atoms with Gasteiger partial charge in [-0.25, -0.2) is 4.79 Å². The molecule has 62 heavy (non-hydrogen) atoms. The summed E-state index contributed by atoms with van der Waals surface area (Å²) in [5, 5.41) is 39.3. The summed E-state index contributed by atoms with van der Waals surface area (Å²) in [4.78, 5) is 29.8. The number of cyclic esters (lactones) is 1. The number of methoxy groups -OCH3 is 1. The van der Waals surface area contributed by atoms with Crippen LogP contribution in [0.2, 0.25) is 0 Å². The summed E-state index contributed by atoms with van der Waals surface area (Å²) >= 11 is 0. The Hall–Kier alpha value is -2.48. The highest BCUT2D eigenvalue weighted by Crippen LogP contribution is 2.51. The van der Waals surface area contributed by atoms with Gasteiger partial charge in [-0.05, 0) is 99.9 Å². The fourth-order valence-corrected chi connectivity index (χ4v) is 10.0. The van der Waals surface area contributed by atoms with Gasteiger partial charge in [0.2, 0.25) is 0 Å². The molecule has 4 aliphatic rings. The maximum atomic E-state index is 14.5. The minimum Gasteiger partial charge on any atom is -0.459 e. The lowest BCUT2D eigenvalue weighted by Crippen LogP contribution is -2.62. The highest BCUT2D eigenvalue weighted by atomic mass is 16.8. The second-order valence-corrected chi connectivity index (χ2v) is 19.4. The Kier molecular flexibility index (Phi) is 16.6. The number of carbonyl (C=O) groups is 2. The van der Waals surface area contributed by atoms with Crippen molar-refractivity contribution in [2.24, 2.45) is 17.8 Å². The first-order valence-corrected chi connectivity index (χ1v) is 22.4. The molecule has 18 atom stereocenters. The summed E-state index contributed by atoms with van der Waals surface area (Å²) in [6.45, 7) is 18.7. The molecule has 4 saturated heterocycles. The molecule has 4 fully saturated rings. The lowest BCUT2D eigenvalue weighted by Gasteiger charge is -2.49. The van der Waals surface area contributed by atoms with E-state index in [9.17, 15) is 24.9 Å². The number of esters is 1. The topological polar surface area (TPSA) is 196 Å². The van der Waals surface area contributed by atoms with Gasteiger partial charge in [0.1, 0.15) is 35.6 Å². The Bertz CT molecular complexity index is 1610. The van der Waals surface area contributed by atoms with Crippen molar-refractivity contribution in [3.8, 4) is 0 Å². The van der Waals surface area contributed by atoms with E-state index in [1.165, 1.54) is 6.92 Å². The smallest absolute Gasteiger partial charge is 0.459 e. The molecule has 16 nitrogen and oxygen atoms in total. The number of nitrogens with one attached hydrogen (secondary N) is 1. The zero-order chi connectivity index (χ0) is 45.9. The van der Waals surface area contributed by atoms with E-state index in [4.69, 9.17) is 42.6 Å². The van der Waals surface area contributed by atoms with Crippen LogP contribution in [-0.4, -0.2) is 156 Å². The first-order valence-electron chi connectivity index (χ1n) is 22.4. The number of hydrogen-bond acceptors (Lipinski definition) is 16. The lowest BCUT2D eigenvalue weighted by molar-refractivity contribution is -0.315. The van der Waals surface area contributed by atoms with E-state index in [2.05, 4.69) is 5.32 Å². The quantitative estimate of drug-likeness (QED) is 0.191. The van der Waals surface area contributed by atoms with Gasteiger partial charge in [-0.1, -0.05) is 51.1 Å². The Balaban J connectivity index is 1.56. The van der Waals surface area contributed by atoms with Crippen LogP contribution < -0.4 is 5.32 Å². The molecule has 0 aromatic heterocycles. The number of aliphatic hydroxyl groups is 3. The molecule has 1 spiro atoms. The fourth-order valence-electron chi connectivity index (χ4n) is 10.0. The molecule has 5 rings (SSSR count). The number of benzene rings is 1. The number of epoxide rings is 1. The van der Waals surface area contributed by atoms with Crippen LogP contribution >= 0.6 is 0 Å². The first-order chi connectivity index (χ1) is 29.0. The fraction of sp³-hybridized carbons (Fsp3) is 0.826. The molecule has 0 radical (unpaired) electrons. The lowest BCUT2D eigenvalue weighted by atomic mass is 9.77. The molecule has 0 amide bonds. The number of carbonyl (C=O) groups excluding carboxylic acids is 2. The van der Waals surface area contributed by atoms with Gasteiger partial charge in [-0.2, -0.15) is 0 Å². The Labute approximate surface area is 368 Å². The van der Waals surface area contributed by atoms with Gasteiger partial charge in [0, 0.05) is 25.5 Å². The molecular weight excluding hydrogens is 805 g/mol. The zero-order valence-corrected chi connectivity index (χ0v) is 39.2. The van der Waals surface area contributed by atoms with Crippen LogP contribution in [0, 0.1) is 17.8 Å². The predicted octanol–water partition coefficient (Wildman–Crippen LogP) is 4.33. The van der Waals surface area contributed by atoms with Crippen molar-refractivity contribution in [3.63, 3.8) is 0 Å². The molecule has 4 aliphatic heterocycles. The summed E-state index contributed by atoms with van der Waals surface area (Å²) in [7, 11) is 5.39. The molecule has 1 aromatic carbocycles. The van der Waals surface area contributed by atoms with Crippen molar-refractivity contribution in [1.29, 1.82) is 0 Å². The van der Waals surface area contributed by atoms with E-state index in [0.717, 1.165) is 5.56 Å². The van der Waals surface area contributed by atoms with E-state index in [-0.39, 0.29) is 43.9 Å². The number of ether oxygens (including phenoxy) is 9. The standard InChI is InChI=1S/C46H76N2O14/c1-14-34-45(10,53)38(49)30(6)47-23-26(2)21-43(8,52)39(28(4)36(29(5)40(50)59-34)60-35-22-44(9,54-13)46(25-56-46)31(7)58-35)62-41-37(33(48(11)12)20-27(3)57-41)61-42(51)55-24-32-18-16-15-17-19-32/h15-19,26-31,33-39,41,47,49,52-53H,14,20-25H2,1-13H3/t26-,27-,28+,29-,30-,31+,33+,34-,35+,36+,37-,38-,39-,41?,43?,44-,45-,46+/m1/s1. The molecule has 0 aliphatic carbocycles. The van der Waals surface area contributed by atoms with Crippen molar-refractivity contribution in [3.05, 3.63) is 35.9 Å². The number of likely N-dealkylation sites (N-methyl/N-ethyl adjacent to an activating group) is 1. The van der Waals surface area contributed by atoms with Gasteiger partial charge >= 0.3 is 12.1 Å². The number of rotatable bonds is 10. The third-order valence-corrected chi connectivity index (χ3v) is 14.0. The molecule has 1 aromatic rings. The molecule has 4 heterocycles. The maximum absolute atomic E-state index is 14.5. The number of hydrogen-bond donors (Lipinski definition) is 4. The van der Waals surface area contributed by atoms with Gasteiger partial charge in [0.15, 0.2) is 18.7 Å². The molecule has 4 N–H and O–H groups in total. The van der Waals surface area contributed by atoms with Crippen molar-refractivity contribution < 1.29 is 67.5 Å². The van der Waals surface area contributed by atoms with Crippen LogP contribution in [0.15, 0.2) is 30.3 Å². The minimum absolute atomic E-state index is 0.00368. The monoisotopic (exact) mass is 881 g/mol. The molecule has 0 saturated carbocycles. The van der Waals surface area contributed by atoms with Crippen molar-refractivity contribution >= 4 is 12.1 Å². The summed E-state index contributed by atoms with van der Waals surface area (Å²) in [6, 6.07) is 8.29. The largest absolute Gasteiger partial charge is 0.509 e. The van der Waals surface area contributed by atoms with Crippen molar-refractivity contribution in [2.45, 2.75) is 191 Å². The van der Waals surface area contributed by atoms with Crippen LogP contribution in [0.25, 0.3) is 0 Å². The average Bonchev–Trinajstić information content (AvgIpc) is 4.04. The maximum Gasteiger partial charge on any atom is 0.509 e. The van der Waals surface area contributed by atoms with Crippen molar-refractivity contribution in [1.82, 2.24) is 10.2 Å². The molecule has 2 unspecified atom stereocenters. The summed E-state index contributed by atoms with van der Waals surface area (Å²) < 4.78 is 56.6. The second-order valence-electron chi connectivity index (χ2n) is 19.4. The van der Waals surface area contributed by atoms with Crippen molar-refractivity contribution in [2.75, 3.05) is 34.4 Å². The van der Waals surface area contributed by atoms with Crippen LogP contribution in [0.4, 0.5) is 4.79 Å². The van der Waals surface area contributed by atoms with E-state index >= 15 is 0 Å². The van der Waals surface area contributed by atoms with E-state index in [1.807, 2.05) is 83.9 Å².